The van der Waals surface area contributed by atoms with E-state index < -0.39 is 5.97 Å². The Labute approximate surface area is 107 Å². The summed E-state index contributed by atoms with van der Waals surface area (Å²) in [6, 6.07) is 8.66. The van der Waals surface area contributed by atoms with E-state index in [1.54, 1.807) is 30.5 Å². The quantitative estimate of drug-likeness (QED) is 0.531. The lowest BCUT2D eigenvalue weighted by Gasteiger charge is -2.04. The third kappa shape index (κ3) is 1.76. The van der Waals surface area contributed by atoms with E-state index in [2.05, 4.69) is 14.7 Å². The molecule has 0 spiro atoms. The highest BCUT2D eigenvalue weighted by Crippen LogP contribution is 2.20. The van der Waals surface area contributed by atoms with Gasteiger partial charge in [0.25, 0.3) is 5.56 Å². The van der Waals surface area contributed by atoms with Gasteiger partial charge in [0, 0.05) is 22.5 Å². The standard InChI is InChI=1S/C14H10N2O3/c1-19-14(18)8-4-5-9-10-3-2-6-15-12(10)13(17)16-11(9)7-8/h2-7H,1H3,(H,16,17). The number of H-pyrrole nitrogens is 1. The predicted molar refractivity (Wildman–Crippen MR) is 71.2 cm³/mol. The van der Waals surface area contributed by atoms with Gasteiger partial charge in [-0.2, -0.15) is 0 Å². The fourth-order valence-corrected chi connectivity index (χ4v) is 2.11. The van der Waals surface area contributed by atoms with Crippen molar-refractivity contribution in [3.05, 3.63) is 52.4 Å². The van der Waals surface area contributed by atoms with Crippen molar-refractivity contribution in [2.45, 2.75) is 0 Å². The number of carbonyl (C=O) groups is 1. The lowest BCUT2D eigenvalue weighted by molar-refractivity contribution is 0.0601. The van der Waals surface area contributed by atoms with Crippen molar-refractivity contribution in [1.82, 2.24) is 9.97 Å². The van der Waals surface area contributed by atoms with Gasteiger partial charge < -0.3 is 9.72 Å². The van der Waals surface area contributed by atoms with Gasteiger partial charge in [-0.1, -0.05) is 12.1 Å². The number of methoxy groups -OCH3 is 1. The van der Waals surface area contributed by atoms with Crippen LogP contribution in [0.4, 0.5) is 0 Å². The van der Waals surface area contributed by atoms with E-state index in [9.17, 15) is 9.59 Å². The molecule has 3 rings (SSSR count). The molecule has 5 nitrogen and oxygen atoms in total. The van der Waals surface area contributed by atoms with Gasteiger partial charge in [-0.25, -0.2) is 4.79 Å². The number of fused-ring (bicyclic) bond motifs is 3. The molecule has 0 atom stereocenters. The first kappa shape index (κ1) is 11.4. The Morgan fingerprint density at radius 3 is 2.89 bits per heavy atom. The van der Waals surface area contributed by atoms with Crippen LogP contribution in [0.3, 0.4) is 0 Å². The molecular weight excluding hydrogens is 244 g/mol. The van der Waals surface area contributed by atoms with E-state index in [0.29, 0.717) is 16.6 Å². The molecule has 0 aliphatic rings. The number of pyridine rings is 2. The molecule has 1 aromatic carbocycles. The summed E-state index contributed by atoms with van der Waals surface area (Å²) in [5.74, 6) is -0.436. The van der Waals surface area contributed by atoms with E-state index in [1.807, 2.05) is 6.07 Å². The SMILES string of the molecule is COC(=O)c1ccc2c(c1)[nH]c(=O)c1ncccc12. The number of hydrogen-bond donors (Lipinski definition) is 1. The molecule has 19 heavy (non-hydrogen) atoms. The van der Waals surface area contributed by atoms with Crippen molar-refractivity contribution in [3.63, 3.8) is 0 Å². The van der Waals surface area contributed by atoms with Gasteiger partial charge in [0.15, 0.2) is 0 Å². The number of hydrogen-bond acceptors (Lipinski definition) is 4. The molecule has 1 N–H and O–H groups in total. The monoisotopic (exact) mass is 254 g/mol. The van der Waals surface area contributed by atoms with E-state index >= 15 is 0 Å². The number of nitrogens with one attached hydrogen (secondary N) is 1. The van der Waals surface area contributed by atoms with Gasteiger partial charge in [-0.15, -0.1) is 0 Å². The van der Waals surface area contributed by atoms with Crippen LogP contribution in [0.5, 0.6) is 0 Å². The molecule has 0 amide bonds. The van der Waals surface area contributed by atoms with Crippen LogP contribution in [0.15, 0.2) is 41.3 Å². The van der Waals surface area contributed by atoms with E-state index in [0.717, 1.165) is 10.8 Å². The molecule has 0 radical (unpaired) electrons. The molecule has 5 heteroatoms. The zero-order valence-corrected chi connectivity index (χ0v) is 10.1. The number of esters is 1. The maximum Gasteiger partial charge on any atom is 0.337 e. The fraction of sp³-hybridized carbons (Fsp3) is 0.0714. The Hall–Kier alpha value is -2.69. The molecule has 0 unspecified atom stereocenters. The van der Waals surface area contributed by atoms with Gasteiger partial charge in [-0.3, -0.25) is 9.78 Å². The highest BCUT2D eigenvalue weighted by Gasteiger charge is 2.09. The number of benzene rings is 1. The van der Waals surface area contributed by atoms with Crippen molar-refractivity contribution in [3.8, 4) is 0 Å². The molecule has 0 aliphatic carbocycles. The highest BCUT2D eigenvalue weighted by molar-refractivity contribution is 6.05. The Morgan fingerprint density at radius 2 is 2.11 bits per heavy atom. The van der Waals surface area contributed by atoms with Crippen LogP contribution in [-0.2, 0) is 4.74 Å². The number of aromatic nitrogens is 2. The summed E-state index contributed by atoms with van der Waals surface area (Å²) in [4.78, 5) is 30.2. The summed E-state index contributed by atoms with van der Waals surface area (Å²) in [6.45, 7) is 0. The summed E-state index contributed by atoms with van der Waals surface area (Å²) in [5, 5.41) is 1.60. The summed E-state index contributed by atoms with van der Waals surface area (Å²) in [5.41, 5.74) is 1.10. The van der Waals surface area contributed by atoms with Gasteiger partial charge in [0.2, 0.25) is 0 Å². The predicted octanol–water partition coefficient (Wildman–Crippen LogP) is 1.86. The maximum atomic E-state index is 11.9. The van der Waals surface area contributed by atoms with Crippen LogP contribution in [0.1, 0.15) is 10.4 Å². The van der Waals surface area contributed by atoms with Crippen LogP contribution in [0, 0.1) is 0 Å². The number of ether oxygens (including phenoxy) is 1. The zero-order chi connectivity index (χ0) is 13.4. The van der Waals surface area contributed by atoms with Crippen LogP contribution >= 0.6 is 0 Å². The Balaban J connectivity index is 2.40. The lowest BCUT2D eigenvalue weighted by Crippen LogP contribution is -2.09. The minimum absolute atomic E-state index is 0.273. The molecule has 2 heterocycles. The van der Waals surface area contributed by atoms with Gasteiger partial charge in [-0.05, 0) is 18.2 Å². The van der Waals surface area contributed by atoms with Crippen LogP contribution < -0.4 is 5.56 Å². The summed E-state index contributed by atoms with van der Waals surface area (Å²) in [7, 11) is 1.32. The van der Waals surface area contributed by atoms with E-state index in [4.69, 9.17) is 0 Å². The second kappa shape index (κ2) is 4.20. The van der Waals surface area contributed by atoms with Gasteiger partial charge in [0.1, 0.15) is 5.52 Å². The minimum Gasteiger partial charge on any atom is -0.465 e. The molecule has 94 valence electrons. The third-order valence-electron chi connectivity index (χ3n) is 3.00. The van der Waals surface area contributed by atoms with Crippen LogP contribution in [0.2, 0.25) is 0 Å². The molecular formula is C14H10N2O3. The van der Waals surface area contributed by atoms with Crippen molar-refractivity contribution in [2.75, 3.05) is 7.11 Å². The second-order valence-corrected chi connectivity index (χ2v) is 4.11. The van der Waals surface area contributed by atoms with E-state index in [1.165, 1.54) is 7.11 Å². The molecule has 2 aromatic heterocycles. The van der Waals surface area contributed by atoms with Gasteiger partial charge >= 0.3 is 5.97 Å². The van der Waals surface area contributed by atoms with E-state index in [-0.39, 0.29) is 5.56 Å². The molecule has 0 fully saturated rings. The summed E-state index contributed by atoms with van der Waals surface area (Å²) in [6.07, 6.45) is 1.58. The lowest BCUT2D eigenvalue weighted by atomic mass is 10.1. The Kier molecular flexibility index (Phi) is 2.52. The normalized spacial score (nSPS) is 10.8. The first-order valence-corrected chi connectivity index (χ1v) is 5.70. The molecule has 0 saturated heterocycles. The topological polar surface area (TPSA) is 72.1 Å². The Bertz CT molecular complexity index is 852. The first-order chi connectivity index (χ1) is 9.20. The second-order valence-electron chi connectivity index (χ2n) is 4.11. The van der Waals surface area contributed by atoms with Crippen molar-refractivity contribution >= 4 is 27.8 Å². The molecule has 0 bridgehead atoms. The molecule has 3 aromatic rings. The molecule has 0 aliphatic heterocycles. The minimum atomic E-state index is -0.436. The molecule has 0 saturated carbocycles. The van der Waals surface area contributed by atoms with Crippen molar-refractivity contribution in [1.29, 1.82) is 0 Å². The number of carbonyl (C=O) groups excluding carboxylic acids is 1. The van der Waals surface area contributed by atoms with Crippen LogP contribution in [0.25, 0.3) is 21.8 Å². The Morgan fingerprint density at radius 1 is 1.26 bits per heavy atom. The highest BCUT2D eigenvalue weighted by atomic mass is 16.5. The number of aromatic amines is 1. The third-order valence-corrected chi connectivity index (χ3v) is 3.00. The number of rotatable bonds is 1. The van der Waals surface area contributed by atoms with Gasteiger partial charge in [0.05, 0.1) is 12.7 Å². The fourth-order valence-electron chi connectivity index (χ4n) is 2.11. The first-order valence-electron chi connectivity index (χ1n) is 5.70. The van der Waals surface area contributed by atoms with Crippen LogP contribution in [-0.4, -0.2) is 23.0 Å². The van der Waals surface area contributed by atoms with Crippen molar-refractivity contribution in [2.24, 2.45) is 0 Å². The summed E-state index contributed by atoms with van der Waals surface area (Å²) < 4.78 is 4.66. The summed E-state index contributed by atoms with van der Waals surface area (Å²) >= 11 is 0. The zero-order valence-electron chi connectivity index (χ0n) is 10.1. The smallest absolute Gasteiger partial charge is 0.337 e. The largest absolute Gasteiger partial charge is 0.465 e. The average Bonchev–Trinajstić information content (AvgIpc) is 2.46. The average molecular weight is 254 g/mol. The number of nitrogens with zero attached hydrogens (tertiary/aromatic N) is 1. The maximum absolute atomic E-state index is 11.9. The van der Waals surface area contributed by atoms with Crippen molar-refractivity contribution < 1.29 is 9.53 Å².